The first-order valence-corrected chi connectivity index (χ1v) is 4.74. The fourth-order valence-corrected chi connectivity index (χ4v) is 1.39. The number of hydrogen-bond donors (Lipinski definition) is 0. The quantitative estimate of drug-likeness (QED) is 0.468. The highest BCUT2D eigenvalue weighted by molar-refractivity contribution is 6.30. The Morgan fingerprint density at radius 3 is 2.41 bits per heavy atom. The van der Waals surface area contributed by atoms with E-state index >= 15 is 0 Å². The summed E-state index contributed by atoms with van der Waals surface area (Å²) >= 11 is 5.17. The highest BCUT2D eigenvalue weighted by Crippen LogP contribution is 2.34. The summed E-state index contributed by atoms with van der Waals surface area (Å²) in [5.41, 5.74) is -3.05. The van der Waals surface area contributed by atoms with E-state index in [0.29, 0.717) is 6.07 Å². The molecule has 0 N–H and O–H groups in total. The smallest absolute Gasteiger partial charge is 0.293 e. The molecule has 0 aromatic heterocycles. The molecule has 7 heteroatoms. The van der Waals surface area contributed by atoms with Crippen LogP contribution in [0.4, 0.5) is 17.6 Å². The van der Waals surface area contributed by atoms with Crippen LogP contribution in [0.3, 0.4) is 0 Å². The van der Waals surface area contributed by atoms with Crippen LogP contribution < -0.4 is 0 Å². The summed E-state index contributed by atoms with van der Waals surface area (Å²) in [7, 11) is 0. The van der Waals surface area contributed by atoms with E-state index in [1.54, 1.807) is 0 Å². The second kappa shape index (κ2) is 4.72. The van der Waals surface area contributed by atoms with Crippen molar-refractivity contribution in [2.24, 2.45) is 0 Å². The van der Waals surface area contributed by atoms with E-state index in [9.17, 15) is 22.4 Å². The zero-order valence-corrected chi connectivity index (χ0v) is 8.86. The Labute approximate surface area is 98.4 Å². The zero-order chi connectivity index (χ0) is 13.2. The first kappa shape index (κ1) is 13.5. The predicted molar refractivity (Wildman–Crippen MR) is 51.2 cm³/mol. The molecule has 0 aliphatic rings. The molecule has 1 aromatic rings. The van der Waals surface area contributed by atoms with Crippen molar-refractivity contribution in [3.05, 3.63) is 34.6 Å². The normalized spacial score (nSPS) is 11.1. The van der Waals surface area contributed by atoms with Gasteiger partial charge in [-0.05, 0) is 12.1 Å². The molecule has 0 heterocycles. The lowest BCUT2D eigenvalue weighted by Gasteiger charge is -2.11. The average Bonchev–Trinajstić information content (AvgIpc) is 2.25. The number of rotatable bonds is 2. The molecule has 0 bridgehead atoms. The van der Waals surface area contributed by atoms with Crippen LogP contribution in [0.1, 0.15) is 21.5 Å². The molecule has 0 saturated heterocycles. The van der Waals surface area contributed by atoms with Gasteiger partial charge in [0.1, 0.15) is 11.9 Å². The van der Waals surface area contributed by atoms with E-state index in [1.807, 2.05) is 0 Å². The fourth-order valence-electron chi connectivity index (χ4n) is 1.24. The number of Topliss-reactive ketones (excluding diaryl/α,β-unsaturated/α-hetero) is 1. The molecule has 2 nitrogen and oxygen atoms in total. The van der Waals surface area contributed by atoms with E-state index in [2.05, 4.69) is 0 Å². The largest absolute Gasteiger partial charge is 0.417 e. The van der Waals surface area contributed by atoms with Gasteiger partial charge >= 0.3 is 6.18 Å². The lowest BCUT2D eigenvalue weighted by molar-refractivity contribution is -0.138. The Hall–Kier alpha value is -1.61. The van der Waals surface area contributed by atoms with Crippen molar-refractivity contribution in [2.45, 2.75) is 6.18 Å². The molecule has 0 atom stereocenters. The number of carbonyl (C=O) groups is 1. The molecule has 0 aliphatic heterocycles. The minimum absolute atomic E-state index is 0.170. The molecule has 0 saturated carbocycles. The number of halogens is 5. The third-order valence-electron chi connectivity index (χ3n) is 1.94. The molecule has 0 spiro atoms. The highest BCUT2D eigenvalue weighted by Gasteiger charge is 2.36. The molecule has 1 aromatic carbocycles. The van der Waals surface area contributed by atoms with Crippen LogP contribution in [0, 0.1) is 17.1 Å². The van der Waals surface area contributed by atoms with Gasteiger partial charge in [-0.3, -0.25) is 4.79 Å². The summed E-state index contributed by atoms with van der Waals surface area (Å²) in [6, 6.07) is 1.99. The standard InChI is InChI=1S/C10H4ClF4NO/c11-3-9(17)6-1-5(12)2-8(7(6)4-16)10(13,14)15/h1-2H,3H2. The summed E-state index contributed by atoms with van der Waals surface area (Å²) in [5, 5.41) is 8.63. The van der Waals surface area contributed by atoms with Gasteiger partial charge in [-0.1, -0.05) is 0 Å². The number of nitrogens with zero attached hydrogens (tertiary/aromatic N) is 1. The van der Waals surface area contributed by atoms with E-state index in [4.69, 9.17) is 16.9 Å². The fraction of sp³-hybridized carbons (Fsp3) is 0.200. The van der Waals surface area contributed by atoms with Crippen molar-refractivity contribution < 1.29 is 22.4 Å². The second-order valence-corrected chi connectivity index (χ2v) is 3.31. The summed E-state index contributed by atoms with van der Waals surface area (Å²) < 4.78 is 50.5. The van der Waals surface area contributed by atoms with Crippen molar-refractivity contribution in [1.29, 1.82) is 5.26 Å². The SMILES string of the molecule is N#Cc1c(C(=O)CCl)cc(F)cc1C(F)(F)F. The van der Waals surface area contributed by atoms with E-state index in [0.717, 1.165) is 0 Å². The summed E-state index contributed by atoms with van der Waals surface area (Å²) in [6.07, 6.45) is -4.91. The molecular weight excluding hydrogens is 262 g/mol. The van der Waals surface area contributed by atoms with Crippen molar-refractivity contribution in [2.75, 3.05) is 5.88 Å². The molecule has 0 aliphatic carbocycles. The highest BCUT2D eigenvalue weighted by atomic mass is 35.5. The number of alkyl halides is 4. The minimum atomic E-state index is -4.91. The Morgan fingerprint density at radius 2 is 2.00 bits per heavy atom. The van der Waals surface area contributed by atoms with Gasteiger partial charge in [-0.15, -0.1) is 11.6 Å². The molecule has 17 heavy (non-hydrogen) atoms. The molecule has 0 amide bonds. The molecule has 0 unspecified atom stereocenters. The lowest BCUT2D eigenvalue weighted by Crippen LogP contribution is -2.13. The Balaban J connectivity index is 3.59. The van der Waals surface area contributed by atoms with Crippen LogP contribution in [0.15, 0.2) is 12.1 Å². The van der Waals surface area contributed by atoms with Crippen LogP contribution in [0.5, 0.6) is 0 Å². The van der Waals surface area contributed by atoms with Crippen molar-refractivity contribution in [1.82, 2.24) is 0 Å². The maximum Gasteiger partial charge on any atom is 0.417 e. The molecular formula is C10H4ClF4NO. The third-order valence-corrected chi connectivity index (χ3v) is 2.18. The van der Waals surface area contributed by atoms with Gasteiger partial charge in [0.15, 0.2) is 5.78 Å². The molecule has 0 radical (unpaired) electrons. The van der Waals surface area contributed by atoms with Crippen LogP contribution in [0.25, 0.3) is 0 Å². The lowest BCUT2D eigenvalue weighted by atomic mass is 9.99. The maximum absolute atomic E-state index is 13.0. The minimum Gasteiger partial charge on any atom is -0.293 e. The maximum atomic E-state index is 13.0. The van der Waals surface area contributed by atoms with Gasteiger partial charge in [-0.25, -0.2) is 4.39 Å². The number of benzene rings is 1. The summed E-state index contributed by atoms with van der Waals surface area (Å²) in [6.45, 7) is 0. The van der Waals surface area contributed by atoms with Gasteiger partial charge < -0.3 is 0 Å². The van der Waals surface area contributed by atoms with Crippen LogP contribution >= 0.6 is 11.6 Å². The summed E-state index contributed by atoms with van der Waals surface area (Å²) in [4.78, 5) is 11.2. The average molecular weight is 266 g/mol. The third kappa shape index (κ3) is 2.74. The van der Waals surface area contributed by atoms with Crippen molar-refractivity contribution in [3.63, 3.8) is 0 Å². The Morgan fingerprint density at radius 1 is 1.41 bits per heavy atom. The predicted octanol–water partition coefficient (Wildman–Crippen LogP) is 3.14. The van der Waals surface area contributed by atoms with Crippen LogP contribution in [-0.2, 0) is 6.18 Å². The number of carbonyl (C=O) groups excluding carboxylic acids is 1. The first-order chi connectivity index (χ1) is 7.81. The van der Waals surface area contributed by atoms with E-state index < -0.39 is 40.3 Å². The summed E-state index contributed by atoms with van der Waals surface area (Å²) in [5.74, 6) is -2.81. The topological polar surface area (TPSA) is 40.9 Å². The van der Waals surface area contributed by atoms with Gasteiger partial charge in [0.25, 0.3) is 0 Å². The van der Waals surface area contributed by atoms with Crippen LogP contribution in [0.2, 0.25) is 0 Å². The second-order valence-electron chi connectivity index (χ2n) is 3.04. The Kier molecular flexibility index (Phi) is 3.73. The molecule has 0 fully saturated rings. The number of hydrogen-bond acceptors (Lipinski definition) is 2. The van der Waals surface area contributed by atoms with Gasteiger partial charge in [0, 0.05) is 5.56 Å². The van der Waals surface area contributed by atoms with Gasteiger partial charge in [0.05, 0.1) is 17.0 Å². The monoisotopic (exact) mass is 265 g/mol. The van der Waals surface area contributed by atoms with Crippen molar-refractivity contribution >= 4 is 17.4 Å². The van der Waals surface area contributed by atoms with Crippen LogP contribution in [-0.4, -0.2) is 11.7 Å². The van der Waals surface area contributed by atoms with E-state index in [1.165, 1.54) is 6.07 Å². The molecule has 1 rings (SSSR count). The Bertz CT molecular complexity index is 504. The van der Waals surface area contributed by atoms with Crippen molar-refractivity contribution in [3.8, 4) is 6.07 Å². The molecule has 90 valence electrons. The first-order valence-electron chi connectivity index (χ1n) is 4.21. The van der Waals surface area contributed by atoms with Gasteiger partial charge in [0.2, 0.25) is 0 Å². The zero-order valence-electron chi connectivity index (χ0n) is 8.11. The number of nitriles is 1. The van der Waals surface area contributed by atoms with Gasteiger partial charge in [-0.2, -0.15) is 18.4 Å². The number of ketones is 1. The van der Waals surface area contributed by atoms with E-state index in [-0.39, 0.29) is 6.07 Å².